The number of likely N-dealkylation sites (tertiary alicyclic amines) is 1. The first-order valence-electron chi connectivity index (χ1n) is 14.5. The van der Waals surface area contributed by atoms with E-state index in [9.17, 15) is 22.8 Å². The lowest BCUT2D eigenvalue weighted by molar-refractivity contribution is -0.140. The van der Waals surface area contributed by atoms with E-state index in [0.717, 1.165) is 25.3 Å². The molecule has 2 amide bonds. The lowest BCUT2D eigenvalue weighted by atomic mass is 9.90. The molecular weight excluding hydrogens is 585 g/mol. The first kappa shape index (κ1) is 30.9. The van der Waals surface area contributed by atoms with Crippen molar-refractivity contribution < 1.29 is 27.5 Å². The molecule has 2 aromatic heterocycles. The van der Waals surface area contributed by atoms with Crippen molar-refractivity contribution in [3.05, 3.63) is 52.9 Å². The summed E-state index contributed by atoms with van der Waals surface area (Å²) in [6.07, 6.45) is 2.61. The van der Waals surface area contributed by atoms with Gasteiger partial charge in [0.1, 0.15) is 11.3 Å². The molecule has 1 saturated heterocycles. The van der Waals surface area contributed by atoms with Crippen molar-refractivity contribution in [2.75, 3.05) is 18.4 Å². The predicted octanol–water partition coefficient (Wildman–Crippen LogP) is 6.83. The highest BCUT2D eigenvalue weighted by atomic mass is 35.5. The van der Waals surface area contributed by atoms with Gasteiger partial charge in [0.15, 0.2) is 0 Å². The summed E-state index contributed by atoms with van der Waals surface area (Å²) in [6, 6.07) is 5.38. The number of hydrogen-bond acceptors (Lipinski definition) is 6. The normalized spacial score (nSPS) is 20.2. The molecule has 3 heterocycles. The minimum atomic E-state index is -4.59. The Hall–Kier alpha value is -3.54. The van der Waals surface area contributed by atoms with Crippen molar-refractivity contribution in [1.29, 1.82) is 0 Å². The number of carbonyl (C=O) groups excluding carboxylic acids is 2. The van der Waals surface area contributed by atoms with Gasteiger partial charge in [0.2, 0.25) is 0 Å². The van der Waals surface area contributed by atoms with Gasteiger partial charge >= 0.3 is 12.3 Å². The van der Waals surface area contributed by atoms with E-state index in [2.05, 4.69) is 20.7 Å². The summed E-state index contributed by atoms with van der Waals surface area (Å²) in [7, 11) is 0. The second-order valence-corrected chi connectivity index (χ2v) is 12.7. The number of benzene rings is 1. The highest BCUT2D eigenvalue weighted by molar-refractivity contribution is 6.31. The smallest absolute Gasteiger partial charge is 0.433 e. The van der Waals surface area contributed by atoms with Crippen molar-refractivity contribution in [2.24, 2.45) is 0 Å². The van der Waals surface area contributed by atoms with Gasteiger partial charge in [-0.2, -0.15) is 18.3 Å². The maximum Gasteiger partial charge on any atom is 0.433 e. The van der Waals surface area contributed by atoms with Crippen molar-refractivity contribution in [3.63, 3.8) is 0 Å². The second-order valence-electron chi connectivity index (χ2n) is 12.3. The van der Waals surface area contributed by atoms with Gasteiger partial charge in [-0.25, -0.2) is 9.78 Å². The van der Waals surface area contributed by atoms with Crippen LogP contribution in [0.1, 0.15) is 81.4 Å². The Labute approximate surface area is 253 Å². The number of nitrogens with one attached hydrogen (secondary N) is 2. The Kier molecular flexibility index (Phi) is 8.78. The number of halogens is 4. The Morgan fingerprint density at radius 1 is 1.05 bits per heavy atom. The van der Waals surface area contributed by atoms with Crippen LogP contribution in [-0.2, 0) is 10.9 Å². The fourth-order valence-corrected chi connectivity index (χ4v) is 5.87. The average molecular weight is 621 g/mol. The number of carbonyl (C=O) groups is 2. The fourth-order valence-electron chi connectivity index (χ4n) is 5.70. The molecule has 3 aromatic rings. The highest BCUT2D eigenvalue weighted by Gasteiger charge is 2.34. The molecule has 2 fully saturated rings. The van der Waals surface area contributed by atoms with Gasteiger partial charge in [-0.1, -0.05) is 11.6 Å². The van der Waals surface area contributed by atoms with Crippen LogP contribution in [0.25, 0.3) is 10.9 Å². The number of pyridine rings is 1. The standard InChI is InChI=1S/C30H36ClF3N6O3/c1-29(2,3)43-28(42)39-11-9-22(10-12-39)40-17-18(16-35-40)27(41)37-21-6-4-5-20(14-21)36-25-15-26(30(32,33)34)38-24-8-7-19(31)13-23(24)25/h7-8,13,15-17,20-22H,4-6,9-12,14H2,1-3H3,(H,36,38)(H,37,41)/t20-,21+/m0/s1. The van der Waals surface area contributed by atoms with Gasteiger partial charge in [0, 0.05) is 47.5 Å². The van der Waals surface area contributed by atoms with Crippen molar-refractivity contribution in [1.82, 2.24) is 25.0 Å². The van der Waals surface area contributed by atoms with Crippen LogP contribution in [0.15, 0.2) is 36.7 Å². The number of fused-ring (bicyclic) bond motifs is 1. The minimum Gasteiger partial charge on any atom is -0.444 e. The number of piperidine rings is 1. The third kappa shape index (κ3) is 7.70. The number of amides is 2. The molecule has 5 rings (SSSR count). The van der Waals surface area contributed by atoms with Crippen LogP contribution in [0.2, 0.25) is 5.02 Å². The number of alkyl halides is 3. The Bertz CT molecular complexity index is 1480. The van der Waals surface area contributed by atoms with Crippen molar-refractivity contribution >= 4 is 40.2 Å². The summed E-state index contributed by atoms with van der Waals surface area (Å²) in [5, 5.41) is 11.7. The molecule has 1 aromatic carbocycles. The van der Waals surface area contributed by atoms with Crippen LogP contribution in [0.5, 0.6) is 0 Å². The molecule has 13 heteroatoms. The van der Waals surface area contributed by atoms with Gasteiger partial charge in [0.05, 0.1) is 23.3 Å². The monoisotopic (exact) mass is 620 g/mol. The predicted molar refractivity (Wildman–Crippen MR) is 157 cm³/mol. The number of aromatic nitrogens is 3. The Morgan fingerprint density at radius 2 is 1.77 bits per heavy atom. The van der Waals surface area contributed by atoms with E-state index < -0.39 is 17.5 Å². The van der Waals surface area contributed by atoms with Crippen molar-refractivity contribution in [3.8, 4) is 0 Å². The molecule has 0 unspecified atom stereocenters. The number of ether oxygens (including phenoxy) is 1. The first-order chi connectivity index (χ1) is 20.2. The quantitative estimate of drug-likeness (QED) is 0.324. The maximum absolute atomic E-state index is 13.6. The Morgan fingerprint density at radius 3 is 2.47 bits per heavy atom. The van der Waals surface area contributed by atoms with E-state index in [0.29, 0.717) is 54.0 Å². The average Bonchev–Trinajstić information content (AvgIpc) is 3.43. The number of nitrogens with zero attached hydrogens (tertiary/aromatic N) is 4. The molecule has 0 radical (unpaired) electrons. The molecule has 43 heavy (non-hydrogen) atoms. The molecule has 0 spiro atoms. The number of rotatable bonds is 5. The van der Waals surface area contributed by atoms with Crippen molar-refractivity contribution in [2.45, 2.75) is 89.2 Å². The topological polar surface area (TPSA) is 101 Å². The molecule has 232 valence electrons. The third-order valence-electron chi connectivity index (χ3n) is 7.78. The van der Waals surface area contributed by atoms with E-state index in [4.69, 9.17) is 16.3 Å². The van der Waals surface area contributed by atoms with Crippen LogP contribution >= 0.6 is 11.6 Å². The summed E-state index contributed by atoms with van der Waals surface area (Å²) < 4.78 is 47.9. The lowest BCUT2D eigenvalue weighted by Crippen LogP contribution is -2.42. The van der Waals surface area contributed by atoms with Gasteiger partial charge in [-0.3, -0.25) is 9.48 Å². The van der Waals surface area contributed by atoms with E-state index in [1.54, 1.807) is 28.0 Å². The molecule has 1 saturated carbocycles. The lowest BCUT2D eigenvalue weighted by Gasteiger charge is -2.33. The Balaban J connectivity index is 1.19. The van der Waals surface area contributed by atoms with E-state index in [1.807, 2.05) is 20.8 Å². The van der Waals surface area contributed by atoms with E-state index >= 15 is 0 Å². The van der Waals surface area contributed by atoms with Gasteiger partial charge in [-0.05, 0) is 83.6 Å². The van der Waals surface area contributed by atoms with Gasteiger partial charge in [0.25, 0.3) is 5.91 Å². The zero-order chi connectivity index (χ0) is 30.9. The van der Waals surface area contributed by atoms with Crippen LogP contribution in [0.3, 0.4) is 0 Å². The zero-order valence-corrected chi connectivity index (χ0v) is 25.1. The molecule has 0 bridgehead atoms. The summed E-state index contributed by atoms with van der Waals surface area (Å²) >= 11 is 6.14. The van der Waals surface area contributed by atoms with Gasteiger partial charge < -0.3 is 20.3 Å². The largest absolute Gasteiger partial charge is 0.444 e. The van der Waals surface area contributed by atoms with E-state index in [1.165, 1.54) is 12.1 Å². The maximum atomic E-state index is 13.6. The van der Waals surface area contributed by atoms with E-state index in [-0.39, 0.29) is 35.6 Å². The van der Waals surface area contributed by atoms with Crippen LogP contribution in [0, 0.1) is 0 Å². The molecule has 1 aliphatic carbocycles. The first-order valence-corrected chi connectivity index (χ1v) is 14.9. The molecule has 2 atom stereocenters. The second kappa shape index (κ2) is 12.2. The fraction of sp³-hybridized carbons (Fsp3) is 0.533. The number of hydrogen-bond donors (Lipinski definition) is 2. The summed E-state index contributed by atoms with van der Waals surface area (Å²) in [4.78, 5) is 30.9. The summed E-state index contributed by atoms with van der Waals surface area (Å²) in [5.74, 6) is -0.247. The van der Waals surface area contributed by atoms with Crippen LogP contribution in [-0.4, -0.2) is 62.4 Å². The molecular formula is C30H36ClF3N6O3. The van der Waals surface area contributed by atoms with Gasteiger partial charge in [-0.15, -0.1) is 0 Å². The minimum absolute atomic E-state index is 0.0637. The zero-order valence-electron chi connectivity index (χ0n) is 24.4. The molecule has 9 nitrogen and oxygen atoms in total. The number of anilines is 1. The summed E-state index contributed by atoms with van der Waals surface area (Å²) in [5.41, 5.74) is -0.566. The summed E-state index contributed by atoms with van der Waals surface area (Å²) in [6.45, 7) is 6.60. The SMILES string of the molecule is CC(C)(C)OC(=O)N1CCC(n2cc(C(=O)N[C@@H]3CCC[C@H](Nc4cc(C(F)(F)F)nc5ccc(Cl)cc45)C3)cn2)CC1. The highest BCUT2D eigenvalue weighted by Crippen LogP contribution is 2.35. The molecule has 2 aliphatic rings. The molecule has 1 aliphatic heterocycles. The molecule has 2 N–H and O–H groups in total. The third-order valence-corrected chi connectivity index (χ3v) is 8.02. The van der Waals surface area contributed by atoms with Crippen LogP contribution in [0.4, 0.5) is 23.7 Å². The van der Waals surface area contributed by atoms with Crippen LogP contribution < -0.4 is 10.6 Å².